The van der Waals surface area contributed by atoms with Crippen molar-refractivity contribution in [1.82, 2.24) is 9.97 Å². The summed E-state index contributed by atoms with van der Waals surface area (Å²) >= 11 is 0. The minimum absolute atomic E-state index is 0.152. The minimum Gasteiger partial charge on any atom is -0.454 e. The van der Waals surface area contributed by atoms with E-state index < -0.39 is 0 Å². The molecule has 2 aromatic rings. The van der Waals surface area contributed by atoms with E-state index in [-0.39, 0.29) is 12.7 Å². The van der Waals surface area contributed by atoms with Crippen molar-refractivity contribution >= 4 is 11.8 Å². The van der Waals surface area contributed by atoms with Crippen LogP contribution in [0.15, 0.2) is 24.3 Å². The van der Waals surface area contributed by atoms with Crippen LogP contribution in [-0.2, 0) is 0 Å². The van der Waals surface area contributed by atoms with Gasteiger partial charge in [0.2, 0.25) is 18.6 Å². The van der Waals surface area contributed by atoms with E-state index in [2.05, 4.69) is 15.3 Å². The van der Waals surface area contributed by atoms with Crippen LogP contribution in [0.4, 0.5) is 11.8 Å². The lowest BCUT2D eigenvalue weighted by Crippen LogP contribution is -2.04. The lowest BCUT2D eigenvalue weighted by Gasteiger charge is -2.08. The highest BCUT2D eigenvalue weighted by Crippen LogP contribution is 2.36. The van der Waals surface area contributed by atoms with Crippen LogP contribution in [0.2, 0.25) is 0 Å². The van der Waals surface area contributed by atoms with Gasteiger partial charge in [0.15, 0.2) is 11.5 Å². The van der Waals surface area contributed by atoms with E-state index in [4.69, 9.17) is 19.9 Å². The van der Waals surface area contributed by atoms with Gasteiger partial charge in [0.1, 0.15) is 11.6 Å². The van der Waals surface area contributed by atoms with Crippen molar-refractivity contribution in [2.45, 2.75) is 6.92 Å². The second-order valence-corrected chi connectivity index (χ2v) is 4.10. The van der Waals surface area contributed by atoms with Crippen LogP contribution >= 0.6 is 0 Å². The lowest BCUT2D eigenvalue weighted by molar-refractivity contribution is 0.174. The molecule has 0 atom stereocenters. The van der Waals surface area contributed by atoms with Gasteiger partial charge in [-0.05, 0) is 19.1 Å². The largest absolute Gasteiger partial charge is 0.454 e. The molecule has 7 nitrogen and oxygen atoms in total. The van der Waals surface area contributed by atoms with Gasteiger partial charge in [-0.15, -0.1) is 0 Å². The van der Waals surface area contributed by atoms with E-state index in [0.29, 0.717) is 28.9 Å². The van der Waals surface area contributed by atoms with Gasteiger partial charge in [-0.25, -0.2) is 0 Å². The molecule has 3 rings (SSSR count). The number of nitrogens with zero attached hydrogens (tertiary/aromatic N) is 2. The summed E-state index contributed by atoms with van der Waals surface area (Å²) in [6, 6.07) is 6.99. The van der Waals surface area contributed by atoms with Crippen LogP contribution in [-0.4, -0.2) is 23.3 Å². The number of nitrogens with two attached hydrogens (primary N) is 1. The van der Waals surface area contributed by atoms with Crippen LogP contribution in [0.5, 0.6) is 23.1 Å². The maximum atomic E-state index is 5.66. The molecule has 2 heterocycles. The summed E-state index contributed by atoms with van der Waals surface area (Å²) in [5, 5.41) is 3.06. The van der Waals surface area contributed by atoms with Crippen molar-refractivity contribution in [3.8, 4) is 23.1 Å². The molecule has 0 saturated carbocycles. The molecule has 0 radical (unpaired) electrons. The molecule has 1 aromatic heterocycles. The van der Waals surface area contributed by atoms with Gasteiger partial charge < -0.3 is 25.3 Å². The van der Waals surface area contributed by atoms with Crippen LogP contribution in [0.3, 0.4) is 0 Å². The maximum Gasteiger partial charge on any atom is 0.231 e. The van der Waals surface area contributed by atoms with Crippen molar-refractivity contribution in [1.29, 1.82) is 0 Å². The zero-order chi connectivity index (χ0) is 13.9. The molecule has 0 fully saturated rings. The molecule has 104 valence electrons. The first-order valence-electron chi connectivity index (χ1n) is 6.20. The first kappa shape index (κ1) is 12.3. The van der Waals surface area contributed by atoms with Crippen LogP contribution in [0.1, 0.15) is 6.92 Å². The second kappa shape index (κ2) is 5.12. The Morgan fingerprint density at radius 3 is 2.95 bits per heavy atom. The lowest BCUT2D eigenvalue weighted by atomic mass is 10.3. The molecule has 3 N–H and O–H groups in total. The predicted molar refractivity (Wildman–Crippen MR) is 73.2 cm³/mol. The summed E-state index contributed by atoms with van der Waals surface area (Å²) in [6.45, 7) is 2.93. The van der Waals surface area contributed by atoms with E-state index in [9.17, 15) is 0 Å². The SMILES string of the molecule is CCNc1cc(Oc2ccc3c(c2)OCO3)nc(N)n1. The number of rotatable bonds is 4. The molecule has 0 unspecified atom stereocenters. The zero-order valence-corrected chi connectivity index (χ0v) is 10.9. The van der Waals surface area contributed by atoms with Gasteiger partial charge >= 0.3 is 0 Å². The topological polar surface area (TPSA) is 91.5 Å². The summed E-state index contributed by atoms with van der Waals surface area (Å²) in [4.78, 5) is 8.09. The standard InChI is InChI=1S/C13H14N4O3/c1-2-15-11-6-12(17-13(14)16-11)20-8-3-4-9-10(5-8)19-7-18-9/h3-6H,2,7H2,1H3,(H3,14,15,16,17). The highest BCUT2D eigenvalue weighted by Gasteiger charge is 2.14. The van der Waals surface area contributed by atoms with Crippen molar-refractivity contribution in [2.24, 2.45) is 0 Å². The average Bonchev–Trinajstić information content (AvgIpc) is 2.85. The number of hydrogen-bond donors (Lipinski definition) is 2. The fourth-order valence-corrected chi connectivity index (χ4v) is 1.83. The molecule has 20 heavy (non-hydrogen) atoms. The monoisotopic (exact) mass is 274 g/mol. The molecular formula is C13H14N4O3. The van der Waals surface area contributed by atoms with Gasteiger partial charge in [-0.2, -0.15) is 9.97 Å². The van der Waals surface area contributed by atoms with Gasteiger partial charge in [0.25, 0.3) is 0 Å². The van der Waals surface area contributed by atoms with Crippen LogP contribution < -0.4 is 25.3 Å². The predicted octanol–water partition coefficient (Wildman–Crippen LogP) is 2.01. The fourth-order valence-electron chi connectivity index (χ4n) is 1.83. The van der Waals surface area contributed by atoms with Crippen molar-refractivity contribution in [2.75, 3.05) is 24.4 Å². The quantitative estimate of drug-likeness (QED) is 0.881. The Balaban J connectivity index is 1.83. The third-order valence-corrected chi connectivity index (χ3v) is 2.64. The number of fused-ring (bicyclic) bond motifs is 1. The van der Waals surface area contributed by atoms with Crippen molar-refractivity contribution in [3.63, 3.8) is 0 Å². The Morgan fingerprint density at radius 1 is 1.25 bits per heavy atom. The van der Waals surface area contributed by atoms with E-state index in [1.54, 1.807) is 24.3 Å². The average molecular weight is 274 g/mol. The number of nitrogens with one attached hydrogen (secondary N) is 1. The molecule has 1 aromatic carbocycles. The molecule has 0 amide bonds. The fraction of sp³-hybridized carbons (Fsp3) is 0.231. The van der Waals surface area contributed by atoms with Crippen molar-refractivity contribution in [3.05, 3.63) is 24.3 Å². The first-order valence-corrected chi connectivity index (χ1v) is 6.20. The zero-order valence-electron chi connectivity index (χ0n) is 10.9. The molecule has 0 spiro atoms. The number of nitrogen functional groups attached to an aromatic ring is 1. The number of aromatic nitrogens is 2. The van der Waals surface area contributed by atoms with E-state index >= 15 is 0 Å². The second-order valence-electron chi connectivity index (χ2n) is 4.10. The Labute approximate surface area is 115 Å². The summed E-state index contributed by atoms with van der Waals surface area (Å²) in [6.07, 6.45) is 0. The smallest absolute Gasteiger partial charge is 0.231 e. The third kappa shape index (κ3) is 2.51. The number of hydrogen-bond acceptors (Lipinski definition) is 7. The Morgan fingerprint density at radius 2 is 2.10 bits per heavy atom. The van der Waals surface area contributed by atoms with E-state index in [1.165, 1.54) is 0 Å². The van der Waals surface area contributed by atoms with Crippen LogP contribution in [0, 0.1) is 0 Å². The van der Waals surface area contributed by atoms with Gasteiger partial charge in [-0.3, -0.25) is 0 Å². The molecule has 1 aliphatic rings. The normalized spacial score (nSPS) is 12.2. The summed E-state index contributed by atoms with van der Waals surface area (Å²) < 4.78 is 16.2. The first-order chi connectivity index (χ1) is 9.74. The highest BCUT2D eigenvalue weighted by atomic mass is 16.7. The third-order valence-electron chi connectivity index (χ3n) is 2.64. The Hall–Kier alpha value is -2.70. The summed E-state index contributed by atoms with van der Waals surface area (Å²) in [5.41, 5.74) is 5.65. The Bertz CT molecular complexity index is 633. The molecule has 1 aliphatic heterocycles. The van der Waals surface area contributed by atoms with Crippen LogP contribution in [0.25, 0.3) is 0 Å². The molecule has 0 saturated heterocycles. The molecule has 0 bridgehead atoms. The van der Waals surface area contributed by atoms with E-state index in [0.717, 1.165) is 6.54 Å². The van der Waals surface area contributed by atoms with E-state index in [1.807, 2.05) is 6.92 Å². The Kier molecular flexibility index (Phi) is 3.16. The maximum absolute atomic E-state index is 5.66. The highest BCUT2D eigenvalue weighted by molar-refractivity contribution is 5.49. The number of anilines is 2. The molecule has 0 aliphatic carbocycles. The summed E-state index contributed by atoms with van der Waals surface area (Å²) in [5.74, 6) is 3.08. The van der Waals surface area contributed by atoms with Gasteiger partial charge in [-0.1, -0.05) is 0 Å². The van der Waals surface area contributed by atoms with Gasteiger partial charge in [0, 0.05) is 18.7 Å². The molecular weight excluding hydrogens is 260 g/mol. The van der Waals surface area contributed by atoms with Gasteiger partial charge in [0.05, 0.1) is 0 Å². The van der Waals surface area contributed by atoms with Crippen molar-refractivity contribution < 1.29 is 14.2 Å². The number of benzene rings is 1. The number of ether oxygens (including phenoxy) is 3. The molecule has 7 heteroatoms. The summed E-state index contributed by atoms with van der Waals surface area (Å²) in [7, 11) is 0. The minimum atomic E-state index is 0.152.